The van der Waals surface area contributed by atoms with Gasteiger partial charge in [-0.15, -0.1) is 12.4 Å². The van der Waals surface area contributed by atoms with Gasteiger partial charge < -0.3 is 10.6 Å². The van der Waals surface area contributed by atoms with Gasteiger partial charge in [0.15, 0.2) is 0 Å². The van der Waals surface area contributed by atoms with Crippen LogP contribution in [0.5, 0.6) is 0 Å². The van der Waals surface area contributed by atoms with Crippen molar-refractivity contribution in [1.29, 1.82) is 0 Å². The number of piperidine rings is 1. The number of nitrogens with one attached hydrogen (secondary N) is 2. The van der Waals surface area contributed by atoms with Gasteiger partial charge in [-0.25, -0.2) is 4.68 Å². The van der Waals surface area contributed by atoms with E-state index in [1.54, 1.807) is 6.20 Å². The highest BCUT2D eigenvalue weighted by molar-refractivity contribution is 5.85. The molecule has 0 radical (unpaired) electrons. The third-order valence-corrected chi connectivity index (χ3v) is 4.51. The Morgan fingerprint density at radius 3 is 2.88 bits per heavy atom. The molecule has 3 rings (SSSR count). The lowest BCUT2D eigenvalue weighted by molar-refractivity contribution is -0.126. The van der Waals surface area contributed by atoms with Gasteiger partial charge in [0.2, 0.25) is 5.91 Å². The zero-order valence-electron chi connectivity index (χ0n) is 14.1. The fraction of sp³-hybridized carbons (Fsp3) is 0.444. The highest BCUT2D eigenvalue weighted by atomic mass is 35.5. The van der Waals surface area contributed by atoms with Gasteiger partial charge in [-0.1, -0.05) is 18.2 Å². The molecule has 130 valence electrons. The summed E-state index contributed by atoms with van der Waals surface area (Å²) in [5.74, 6) is 0.256. The van der Waals surface area contributed by atoms with Crippen molar-refractivity contribution in [3.8, 4) is 5.69 Å². The molecular weight excluding hydrogens is 324 g/mol. The second-order valence-electron chi connectivity index (χ2n) is 6.32. The van der Waals surface area contributed by atoms with Crippen molar-refractivity contribution in [2.75, 3.05) is 6.54 Å². The number of aromatic nitrogens is 2. The zero-order chi connectivity index (χ0) is 16.2. The predicted molar refractivity (Wildman–Crippen MR) is 97.6 cm³/mol. The predicted octanol–water partition coefficient (Wildman–Crippen LogP) is 2.86. The second kappa shape index (κ2) is 8.31. The maximum absolute atomic E-state index is 12.6. The Bertz CT molecular complexity index is 659. The van der Waals surface area contributed by atoms with E-state index in [-0.39, 0.29) is 30.3 Å². The number of carbonyl (C=O) groups excluding carboxylic acids is 1. The molecule has 1 fully saturated rings. The van der Waals surface area contributed by atoms with Crippen molar-refractivity contribution in [2.24, 2.45) is 5.92 Å². The Morgan fingerprint density at radius 2 is 2.17 bits per heavy atom. The molecule has 0 spiro atoms. The quantitative estimate of drug-likeness (QED) is 0.893. The van der Waals surface area contributed by atoms with Crippen LogP contribution in [-0.4, -0.2) is 28.3 Å². The first-order valence-electron chi connectivity index (χ1n) is 8.28. The number of rotatable bonds is 4. The molecule has 2 N–H and O–H groups in total. The van der Waals surface area contributed by atoms with Crippen molar-refractivity contribution in [3.63, 3.8) is 0 Å². The highest BCUT2D eigenvalue weighted by Crippen LogP contribution is 2.23. The molecule has 1 saturated heterocycles. The van der Waals surface area contributed by atoms with Gasteiger partial charge in [-0.3, -0.25) is 4.79 Å². The van der Waals surface area contributed by atoms with Crippen molar-refractivity contribution in [2.45, 2.75) is 38.8 Å². The van der Waals surface area contributed by atoms with Crippen LogP contribution in [-0.2, 0) is 4.79 Å². The Hall–Kier alpha value is -1.85. The zero-order valence-corrected chi connectivity index (χ0v) is 14.9. The average molecular weight is 349 g/mol. The number of carbonyl (C=O) groups is 1. The molecule has 0 aliphatic carbocycles. The first-order chi connectivity index (χ1) is 11.1. The van der Waals surface area contributed by atoms with Crippen LogP contribution in [0.25, 0.3) is 5.69 Å². The smallest absolute Gasteiger partial charge is 0.223 e. The van der Waals surface area contributed by atoms with Crippen LogP contribution in [0, 0.1) is 5.92 Å². The number of hydrogen-bond donors (Lipinski definition) is 2. The number of halogens is 1. The number of nitrogens with zero attached hydrogens (tertiary/aromatic N) is 2. The van der Waals surface area contributed by atoms with Gasteiger partial charge in [0.1, 0.15) is 0 Å². The lowest BCUT2D eigenvalue weighted by atomic mass is 9.92. The molecule has 6 heteroatoms. The number of amides is 1. The molecule has 1 amide bonds. The minimum Gasteiger partial charge on any atom is -0.349 e. The fourth-order valence-electron chi connectivity index (χ4n) is 3.25. The van der Waals surface area contributed by atoms with E-state index in [1.807, 2.05) is 48.1 Å². The lowest BCUT2D eigenvalue weighted by Gasteiger charge is -2.28. The molecule has 24 heavy (non-hydrogen) atoms. The van der Waals surface area contributed by atoms with Crippen LogP contribution in [0.15, 0.2) is 42.7 Å². The van der Waals surface area contributed by atoms with E-state index >= 15 is 0 Å². The van der Waals surface area contributed by atoms with E-state index in [1.165, 1.54) is 0 Å². The molecule has 1 aromatic carbocycles. The van der Waals surface area contributed by atoms with Crippen LogP contribution in [0.4, 0.5) is 0 Å². The van der Waals surface area contributed by atoms with Crippen molar-refractivity contribution < 1.29 is 4.79 Å². The summed E-state index contributed by atoms with van der Waals surface area (Å²) in [7, 11) is 0. The summed E-state index contributed by atoms with van der Waals surface area (Å²) in [6.07, 6.45) is 5.49. The molecule has 3 atom stereocenters. The molecule has 0 bridgehead atoms. The van der Waals surface area contributed by atoms with Crippen molar-refractivity contribution in [3.05, 3.63) is 48.3 Å². The molecule has 0 saturated carbocycles. The van der Waals surface area contributed by atoms with Gasteiger partial charge >= 0.3 is 0 Å². The monoisotopic (exact) mass is 348 g/mol. The Morgan fingerprint density at radius 1 is 1.38 bits per heavy atom. The minimum atomic E-state index is -0.0481. The van der Waals surface area contributed by atoms with Gasteiger partial charge in [0.25, 0.3) is 0 Å². The van der Waals surface area contributed by atoms with Crippen LogP contribution < -0.4 is 10.6 Å². The van der Waals surface area contributed by atoms with Gasteiger partial charge in [0, 0.05) is 24.4 Å². The molecule has 2 aromatic rings. The highest BCUT2D eigenvalue weighted by Gasteiger charge is 2.26. The molecule has 1 aliphatic heterocycles. The third-order valence-electron chi connectivity index (χ3n) is 4.51. The van der Waals surface area contributed by atoms with Crippen LogP contribution >= 0.6 is 12.4 Å². The van der Waals surface area contributed by atoms with E-state index < -0.39 is 0 Å². The third kappa shape index (κ3) is 4.16. The minimum absolute atomic E-state index is 0. The molecule has 2 heterocycles. The molecule has 1 aromatic heterocycles. The average Bonchev–Trinajstić information content (AvgIpc) is 3.09. The lowest BCUT2D eigenvalue weighted by Crippen LogP contribution is -2.43. The number of benzene rings is 1. The summed E-state index contributed by atoms with van der Waals surface area (Å²) in [5, 5.41) is 10.9. The van der Waals surface area contributed by atoms with E-state index in [0.717, 1.165) is 30.6 Å². The maximum Gasteiger partial charge on any atom is 0.223 e. The first kappa shape index (κ1) is 18.5. The molecule has 1 aliphatic rings. The summed E-state index contributed by atoms with van der Waals surface area (Å²) in [6, 6.07) is 10.3. The molecule has 5 nitrogen and oxygen atoms in total. The summed E-state index contributed by atoms with van der Waals surface area (Å²) in [6.45, 7) is 5.08. The Labute approximate surface area is 149 Å². The standard InChI is InChI=1S/C18H24N4O.ClH/c1-13-12-15(8-10-19-13)18(23)21-14(2)16-6-3-4-7-17(16)22-11-5-9-20-22;/h3-7,9,11,13-15,19H,8,10,12H2,1-2H3,(H,21,23);1H/t13-,14?,15-;/m0./s1. The number of hydrogen-bond acceptors (Lipinski definition) is 3. The van der Waals surface area contributed by atoms with Crippen LogP contribution in [0.3, 0.4) is 0 Å². The second-order valence-corrected chi connectivity index (χ2v) is 6.32. The summed E-state index contributed by atoms with van der Waals surface area (Å²) >= 11 is 0. The van der Waals surface area contributed by atoms with E-state index in [2.05, 4.69) is 22.7 Å². The van der Waals surface area contributed by atoms with Crippen LogP contribution in [0.1, 0.15) is 38.3 Å². The van der Waals surface area contributed by atoms with Crippen LogP contribution in [0.2, 0.25) is 0 Å². The van der Waals surface area contributed by atoms with E-state index in [0.29, 0.717) is 6.04 Å². The summed E-state index contributed by atoms with van der Waals surface area (Å²) < 4.78 is 1.84. The summed E-state index contributed by atoms with van der Waals surface area (Å²) in [4.78, 5) is 12.6. The maximum atomic E-state index is 12.6. The van der Waals surface area contributed by atoms with Crippen molar-refractivity contribution >= 4 is 18.3 Å². The Balaban J connectivity index is 0.00000208. The van der Waals surface area contributed by atoms with Gasteiger partial charge in [-0.05, 0) is 50.9 Å². The SMILES string of the molecule is CC(NC(=O)[C@H]1CCN[C@@H](C)C1)c1ccccc1-n1cccn1.Cl. The topological polar surface area (TPSA) is 59.0 Å². The van der Waals surface area contributed by atoms with Gasteiger partial charge in [-0.2, -0.15) is 5.10 Å². The number of para-hydroxylation sites is 1. The fourth-order valence-corrected chi connectivity index (χ4v) is 3.25. The largest absolute Gasteiger partial charge is 0.349 e. The van der Waals surface area contributed by atoms with Crippen molar-refractivity contribution in [1.82, 2.24) is 20.4 Å². The first-order valence-corrected chi connectivity index (χ1v) is 8.28. The van der Waals surface area contributed by atoms with Gasteiger partial charge in [0.05, 0.1) is 11.7 Å². The van der Waals surface area contributed by atoms with E-state index in [4.69, 9.17) is 0 Å². The normalized spacial score (nSPS) is 21.6. The molecule has 1 unspecified atom stereocenters. The van der Waals surface area contributed by atoms with E-state index in [9.17, 15) is 4.79 Å². The molecular formula is C18H25ClN4O. The summed E-state index contributed by atoms with van der Waals surface area (Å²) in [5.41, 5.74) is 2.08. The Kier molecular flexibility index (Phi) is 6.40.